The highest BCUT2D eigenvalue weighted by Gasteiger charge is 2.35. The highest BCUT2D eigenvalue weighted by molar-refractivity contribution is 5.93. The molecular formula is C26H33NO8. The van der Waals surface area contributed by atoms with Crippen LogP contribution in [0.4, 0.5) is 5.69 Å². The van der Waals surface area contributed by atoms with Crippen molar-refractivity contribution >= 4 is 11.7 Å². The fourth-order valence-corrected chi connectivity index (χ4v) is 4.29. The van der Waals surface area contributed by atoms with Crippen LogP contribution < -0.4 is 14.2 Å². The molecule has 9 heteroatoms. The molecular weight excluding hydrogens is 454 g/mol. The number of hydrogen-bond acceptors (Lipinski definition) is 8. The number of nitrogens with zero attached hydrogens (tertiary/aromatic N) is 1. The molecule has 0 saturated heterocycles. The van der Waals surface area contributed by atoms with E-state index in [9.17, 15) is 14.9 Å². The number of benzene rings is 2. The largest absolute Gasteiger partial charge is 0.493 e. The van der Waals surface area contributed by atoms with Crippen LogP contribution >= 0.6 is 0 Å². The van der Waals surface area contributed by atoms with E-state index in [-0.39, 0.29) is 37.0 Å². The summed E-state index contributed by atoms with van der Waals surface area (Å²) in [4.78, 5) is 22.9. The molecule has 0 aromatic heterocycles. The van der Waals surface area contributed by atoms with Gasteiger partial charge in [-0.2, -0.15) is 0 Å². The number of hydrogen-bond donors (Lipinski definition) is 0. The molecule has 35 heavy (non-hydrogen) atoms. The summed E-state index contributed by atoms with van der Waals surface area (Å²) >= 11 is 0. The molecule has 1 aliphatic heterocycles. The maximum absolute atomic E-state index is 12.3. The molecule has 0 amide bonds. The average Bonchev–Trinajstić information content (AvgIpc) is 2.82. The molecule has 9 nitrogen and oxygen atoms in total. The summed E-state index contributed by atoms with van der Waals surface area (Å²) in [5.41, 5.74) is 3.60. The molecule has 190 valence electrons. The smallest absolute Gasteiger partial charge is 0.342 e. The number of fused-ring (bicyclic) bond motifs is 1. The number of methoxy groups -OCH3 is 1. The number of carbonyl (C=O) groups is 1. The SMILES string of the molecule is CCOC(=O)c1cc([N+](=O)[O-])ccc1OCCC1(C)CCc2c(C)c(OCOC)c(C)c(C)c2O1. The van der Waals surface area contributed by atoms with E-state index in [0.29, 0.717) is 6.42 Å². The molecule has 0 N–H and O–H groups in total. The van der Waals surface area contributed by atoms with Gasteiger partial charge in [0.2, 0.25) is 0 Å². The van der Waals surface area contributed by atoms with Gasteiger partial charge in [-0.25, -0.2) is 4.79 Å². The second kappa shape index (κ2) is 10.9. The molecule has 1 aliphatic rings. The van der Waals surface area contributed by atoms with Gasteiger partial charge in [0.15, 0.2) is 6.79 Å². The quantitative estimate of drug-likeness (QED) is 0.194. The third kappa shape index (κ3) is 5.67. The van der Waals surface area contributed by atoms with Crippen LogP contribution in [0.5, 0.6) is 17.2 Å². The van der Waals surface area contributed by atoms with Crippen LogP contribution in [0, 0.1) is 30.9 Å². The number of carbonyl (C=O) groups excluding carboxylic acids is 1. The van der Waals surface area contributed by atoms with Crippen LogP contribution in [-0.2, 0) is 15.9 Å². The molecule has 3 rings (SSSR count). The van der Waals surface area contributed by atoms with Crippen LogP contribution in [0.2, 0.25) is 0 Å². The van der Waals surface area contributed by atoms with Crippen LogP contribution in [-0.4, -0.2) is 43.6 Å². The molecule has 1 unspecified atom stereocenters. The number of nitro benzene ring substituents is 1. The Hall–Kier alpha value is -3.33. The zero-order valence-electron chi connectivity index (χ0n) is 21.2. The van der Waals surface area contributed by atoms with Gasteiger partial charge >= 0.3 is 5.97 Å². The molecule has 0 aliphatic carbocycles. The number of non-ortho nitro benzene ring substituents is 1. The van der Waals surface area contributed by atoms with Crippen molar-refractivity contribution < 1.29 is 33.4 Å². The van der Waals surface area contributed by atoms with Crippen molar-refractivity contribution in [3.05, 3.63) is 56.1 Å². The summed E-state index contributed by atoms with van der Waals surface area (Å²) in [6.07, 6.45) is 2.17. The van der Waals surface area contributed by atoms with E-state index in [1.165, 1.54) is 18.2 Å². The van der Waals surface area contributed by atoms with Gasteiger partial charge < -0.3 is 23.7 Å². The van der Waals surface area contributed by atoms with Gasteiger partial charge in [-0.15, -0.1) is 0 Å². The van der Waals surface area contributed by atoms with Gasteiger partial charge in [0.05, 0.1) is 18.1 Å². The lowest BCUT2D eigenvalue weighted by Gasteiger charge is -2.38. The predicted octanol–water partition coefficient (Wildman–Crippen LogP) is 5.23. The first-order chi connectivity index (χ1) is 16.6. The first kappa shape index (κ1) is 26.3. The molecule has 2 aromatic rings. The van der Waals surface area contributed by atoms with Gasteiger partial charge in [0.25, 0.3) is 5.69 Å². The van der Waals surface area contributed by atoms with Crippen LogP contribution in [0.3, 0.4) is 0 Å². The van der Waals surface area contributed by atoms with E-state index < -0.39 is 16.5 Å². The molecule has 0 saturated carbocycles. The molecule has 0 radical (unpaired) electrons. The van der Waals surface area contributed by atoms with Crippen molar-refractivity contribution in [1.82, 2.24) is 0 Å². The Balaban J connectivity index is 1.76. The molecule has 1 heterocycles. The lowest BCUT2D eigenvalue weighted by molar-refractivity contribution is -0.384. The normalized spacial score (nSPS) is 16.7. The fourth-order valence-electron chi connectivity index (χ4n) is 4.29. The van der Waals surface area contributed by atoms with Crippen molar-refractivity contribution in [2.24, 2.45) is 0 Å². The molecule has 1 atom stereocenters. The van der Waals surface area contributed by atoms with Crippen molar-refractivity contribution in [1.29, 1.82) is 0 Å². The highest BCUT2D eigenvalue weighted by atomic mass is 16.7. The third-order valence-corrected chi connectivity index (χ3v) is 6.44. The second-order valence-electron chi connectivity index (χ2n) is 8.87. The van der Waals surface area contributed by atoms with Gasteiger partial charge in [0.1, 0.15) is 28.4 Å². The Morgan fingerprint density at radius 3 is 2.57 bits per heavy atom. The summed E-state index contributed by atoms with van der Waals surface area (Å²) in [6, 6.07) is 3.92. The van der Waals surface area contributed by atoms with E-state index >= 15 is 0 Å². The predicted molar refractivity (Wildman–Crippen MR) is 130 cm³/mol. The lowest BCUT2D eigenvalue weighted by atomic mass is 9.86. The minimum Gasteiger partial charge on any atom is -0.493 e. The second-order valence-corrected chi connectivity index (χ2v) is 8.87. The minimum atomic E-state index is -0.659. The average molecular weight is 488 g/mol. The number of nitro groups is 1. The van der Waals surface area contributed by atoms with Gasteiger partial charge in [0, 0.05) is 31.2 Å². The summed E-state index contributed by atoms with van der Waals surface area (Å²) in [5, 5.41) is 11.1. The first-order valence-corrected chi connectivity index (χ1v) is 11.6. The Kier molecular flexibility index (Phi) is 8.22. The van der Waals surface area contributed by atoms with Crippen molar-refractivity contribution in [2.45, 2.75) is 59.5 Å². The summed E-state index contributed by atoms with van der Waals surface area (Å²) < 4.78 is 28.4. The van der Waals surface area contributed by atoms with E-state index in [0.717, 1.165) is 46.6 Å². The molecule has 2 aromatic carbocycles. The van der Waals surface area contributed by atoms with Crippen molar-refractivity contribution in [3.63, 3.8) is 0 Å². The Morgan fingerprint density at radius 2 is 1.91 bits per heavy atom. The zero-order chi connectivity index (χ0) is 25.8. The Labute approximate surface area is 205 Å². The Morgan fingerprint density at radius 1 is 1.17 bits per heavy atom. The first-order valence-electron chi connectivity index (χ1n) is 11.6. The van der Waals surface area contributed by atoms with E-state index in [4.69, 9.17) is 23.7 Å². The monoisotopic (exact) mass is 487 g/mol. The van der Waals surface area contributed by atoms with Crippen molar-refractivity contribution in [3.8, 4) is 17.2 Å². The topological polar surface area (TPSA) is 106 Å². The third-order valence-electron chi connectivity index (χ3n) is 6.44. The number of esters is 1. The van der Waals surface area contributed by atoms with Gasteiger partial charge in [-0.05, 0) is 70.2 Å². The van der Waals surface area contributed by atoms with Gasteiger partial charge in [-0.1, -0.05) is 0 Å². The van der Waals surface area contributed by atoms with Crippen LogP contribution in [0.15, 0.2) is 18.2 Å². The number of rotatable bonds is 10. The lowest BCUT2D eigenvalue weighted by Crippen LogP contribution is -2.38. The minimum absolute atomic E-state index is 0.0341. The molecule has 0 spiro atoms. The summed E-state index contributed by atoms with van der Waals surface area (Å²) in [5.74, 6) is 1.30. The summed E-state index contributed by atoms with van der Waals surface area (Å²) in [6.45, 7) is 10.4. The van der Waals surface area contributed by atoms with E-state index in [1.807, 2.05) is 27.7 Å². The van der Waals surface area contributed by atoms with Crippen LogP contribution in [0.25, 0.3) is 0 Å². The van der Waals surface area contributed by atoms with Crippen molar-refractivity contribution in [2.75, 3.05) is 27.1 Å². The Bertz CT molecular complexity index is 1110. The zero-order valence-corrected chi connectivity index (χ0v) is 21.2. The maximum Gasteiger partial charge on any atom is 0.342 e. The summed E-state index contributed by atoms with van der Waals surface area (Å²) in [7, 11) is 1.60. The molecule has 0 fully saturated rings. The van der Waals surface area contributed by atoms with Gasteiger partial charge in [-0.3, -0.25) is 10.1 Å². The molecule has 0 bridgehead atoms. The van der Waals surface area contributed by atoms with E-state index in [2.05, 4.69) is 0 Å². The fraction of sp³-hybridized carbons (Fsp3) is 0.500. The highest BCUT2D eigenvalue weighted by Crippen LogP contribution is 2.44. The maximum atomic E-state index is 12.3. The standard InChI is InChI=1S/C26H33NO8/c1-7-32-25(28)21-14-19(27(29)30)8-9-22(21)33-13-12-26(5)11-10-20-18(4)23(34-15-31-6)16(2)17(3)24(20)35-26/h8-9,14H,7,10-13,15H2,1-6H3. The number of ether oxygens (including phenoxy) is 5. The van der Waals surface area contributed by atoms with E-state index in [1.54, 1.807) is 14.0 Å². The van der Waals surface area contributed by atoms with Crippen LogP contribution in [0.1, 0.15) is 59.3 Å².